The summed E-state index contributed by atoms with van der Waals surface area (Å²) < 4.78 is 4.63. The fraction of sp³-hybridized carbons (Fsp3) is 0.636. The van der Waals surface area contributed by atoms with E-state index in [4.69, 9.17) is 5.11 Å². The predicted octanol–water partition coefficient (Wildman–Crippen LogP) is 2.14. The number of carbonyl (C=O) groups excluding carboxylic acids is 1. The minimum Gasteiger partial charge on any atom is -0.478 e. The van der Waals surface area contributed by atoms with Gasteiger partial charge in [-0.1, -0.05) is 25.8 Å². The van der Waals surface area contributed by atoms with Gasteiger partial charge in [0.15, 0.2) is 0 Å². The molecule has 4 nitrogen and oxygen atoms in total. The number of carboxylic acid groups (broad SMARTS) is 1. The van der Waals surface area contributed by atoms with E-state index in [2.05, 4.69) is 11.7 Å². The maximum atomic E-state index is 10.7. The lowest BCUT2D eigenvalue weighted by Gasteiger charge is -2.02. The predicted molar refractivity (Wildman–Crippen MR) is 56.5 cm³/mol. The second-order valence-corrected chi connectivity index (χ2v) is 3.31. The van der Waals surface area contributed by atoms with Crippen molar-refractivity contribution in [3.8, 4) is 0 Å². The number of rotatable bonds is 7. The lowest BCUT2D eigenvalue weighted by molar-refractivity contribution is -0.141. The first-order valence-corrected chi connectivity index (χ1v) is 5.13. The molecule has 0 aromatic heterocycles. The lowest BCUT2D eigenvalue weighted by atomic mass is 10.1. The maximum absolute atomic E-state index is 10.7. The fourth-order valence-corrected chi connectivity index (χ4v) is 1.06. The first kappa shape index (κ1) is 13.7. The van der Waals surface area contributed by atoms with Crippen molar-refractivity contribution in [1.82, 2.24) is 0 Å². The van der Waals surface area contributed by atoms with Crippen LogP contribution < -0.4 is 0 Å². The van der Waals surface area contributed by atoms with E-state index in [0.717, 1.165) is 25.7 Å². The number of esters is 1. The highest BCUT2D eigenvalue weighted by molar-refractivity contribution is 5.87. The molecule has 0 aliphatic heterocycles. The molecule has 0 aromatic rings. The first-order chi connectivity index (χ1) is 7.07. The van der Waals surface area contributed by atoms with E-state index >= 15 is 0 Å². The summed E-state index contributed by atoms with van der Waals surface area (Å²) in [5, 5.41) is 8.78. The minimum atomic E-state index is -1.02. The van der Waals surface area contributed by atoms with Gasteiger partial charge in [0.05, 0.1) is 5.57 Å². The third kappa shape index (κ3) is 7.73. The normalized spacial score (nSPS) is 11.2. The van der Waals surface area contributed by atoms with E-state index in [1.807, 2.05) is 0 Å². The first-order valence-electron chi connectivity index (χ1n) is 5.13. The van der Waals surface area contributed by atoms with Gasteiger partial charge in [-0.3, -0.25) is 4.79 Å². The van der Waals surface area contributed by atoms with Gasteiger partial charge in [-0.05, 0) is 12.8 Å². The van der Waals surface area contributed by atoms with E-state index in [-0.39, 0.29) is 12.2 Å². The SMILES string of the molecule is CCCCCC=C(COC(C)=O)C(=O)O. The zero-order valence-electron chi connectivity index (χ0n) is 9.28. The van der Waals surface area contributed by atoms with Crippen LogP contribution >= 0.6 is 0 Å². The highest BCUT2D eigenvalue weighted by Gasteiger charge is 2.08. The van der Waals surface area contributed by atoms with Crippen molar-refractivity contribution in [3.63, 3.8) is 0 Å². The third-order valence-corrected chi connectivity index (χ3v) is 1.90. The van der Waals surface area contributed by atoms with Crippen LogP contribution in [0.5, 0.6) is 0 Å². The Balaban J connectivity index is 4.02. The molecule has 0 bridgehead atoms. The zero-order valence-corrected chi connectivity index (χ0v) is 9.28. The summed E-state index contributed by atoms with van der Waals surface area (Å²) in [5.74, 6) is -1.48. The number of aliphatic carboxylic acids is 1. The molecule has 1 N–H and O–H groups in total. The Labute approximate surface area is 89.9 Å². The van der Waals surface area contributed by atoms with Gasteiger partial charge in [0.25, 0.3) is 0 Å². The monoisotopic (exact) mass is 214 g/mol. The molecule has 0 spiro atoms. The second kappa shape index (κ2) is 8.03. The van der Waals surface area contributed by atoms with E-state index in [9.17, 15) is 9.59 Å². The topological polar surface area (TPSA) is 63.6 Å². The van der Waals surface area contributed by atoms with Crippen LogP contribution in [0.3, 0.4) is 0 Å². The Hall–Kier alpha value is -1.32. The van der Waals surface area contributed by atoms with Crippen molar-refractivity contribution in [2.45, 2.75) is 39.5 Å². The van der Waals surface area contributed by atoms with Crippen molar-refractivity contribution in [2.24, 2.45) is 0 Å². The van der Waals surface area contributed by atoms with Gasteiger partial charge in [-0.15, -0.1) is 0 Å². The largest absolute Gasteiger partial charge is 0.478 e. The van der Waals surface area contributed by atoms with Crippen LogP contribution in [0, 0.1) is 0 Å². The smallest absolute Gasteiger partial charge is 0.334 e. The molecular weight excluding hydrogens is 196 g/mol. The molecule has 15 heavy (non-hydrogen) atoms. The molecular formula is C11H18O4. The number of allylic oxidation sites excluding steroid dienone is 1. The average molecular weight is 214 g/mol. The molecule has 86 valence electrons. The molecule has 0 saturated carbocycles. The summed E-state index contributed by atoms with van der Waals surface area (Å²) in [5.41, 5.74) is 0.154. The quantitative estimate of drug-likeness (QED) is 0.400. The Morgan fingerprint density at radius 3 is 2.47 bits per heavy atom. The van der Waals surface area contributed by atoms with Crippen molar-refractivity contribution < 1.29 is 19.4 Å². The molecule has 0 rings (SSSR count). The van der Waals surface area contributed by atoms with Crippen LogP contribution in [0.4, 0.5) is 0 Å². The summed E-state index contributed by atoms with van der Waals surface area (Å²) in [6.45, 7) is 3.20. The van der Waals surface area contributed by atoms with Crippen molar-refractivity contribution in [1.29, 1.82) is 0 Å². The molecule has 0 aliphatic rings. The fourth-order valence-electron chi connectivity index (χ4n) is 1.06. The molecule has 0 saturated heterocycles. The highest BCUT2D eigenvalue weighted by atomic mass is 16.5. The molecule has 0 fully saturated rings. The maximum Gasteiger partial charge on any atom is 0.334 e. The van der Waals surface area contributed by atoms with Gasteiger partial charge in [0.2, 0.25) is 0 Å². The van der Waals surface area contributed by atoms with Gasteiger partial charge in [-0.2, -0.15) is 0 Å². The molecule has 0 amide bonds. The van der Waals surface area contributed by atoms with Gasteiger partial charge in [0, 0.05) is 6.92 Å². The van der Waals surface area contributed by atoms with E-state index in [1.54, 1.807) is 6.08 Å². The summed E-state index contributed by atoms with van der Waals surface area (Å²) in [6, 6.07) is 0. The number of hydrogen-bond acceptors (Lipinski definition) is 3. The third-order valence-electron chi connectivity index (χ3n) is 1.90. The number of ether oxygens (including phenoxy) is 1. The van der Waals surface area contributed by atoms with E-state index in [0.29, 0.717) is 0 Å². The molecule has 4 heteroatoms. The standard InChI is InChI=1S/C11H18O4/c1-3-4-5-6-7-10(11(13)14)8-15-9(2)12/h7H,3-6,8H2,1-2H3,(H,13,14). The van der Waals surface area contributed by atoms with Crippen molar-refractivity contribution in [3.05, 3.63) is 11.6 Å². The summed E-state index contributed by atoms with van der Waals surface area (Å²) in [4.78, 5) is 21.2. The van der Waals surface area contributed by atoms with Crippen LogP contribution in [-0.4, -0.2) is 23.7 Å². The van der Waals surface area contributed by atoms with Crippen LogP contribution in [-0.2, 0) is 14.3 Å². The van der Waals surface area contributed by atoms with Gasteiger partial charge in [0.1, 0.15) is 6.61 Å². The molecule has 0 aromatic carbocycles. The lowest BCUT2D eigenvalue weighted by Crippen LogP contribution is -2.10. The van der Waals surface area contributed by atoms with Crippen LogP contribution in [0.25, 0.3) is 0 Å². The van der Waals surface area contributed by atoms with Gasteiger partial charge < -0.3 is 9.84 Å². The molecule has 0 aliphatic carbocycles. The minimum absolute atomic E-state index is 0.142. The summed E-state index contributed by atoms with van der Waals surface area (Å²) in [6.07, 6.45) is 5.49. The van der Waals surface area contributed by atoms with E-state index < -0.39 is 11.9 Å². The van der Waals surface area contributed by atoms with E-state index in [1.165, 1.54) is 6.92 Å². The Bertz CT molecular complexity index is 243. The van der Waals surface area contributed by atoms with Crippen molar-refractivity contribution in [2.75, 3.05) is 6.61 Å². The number of hydrogen-bond donors (Lipinski definition) is 1. The highest BCUT2D eigenvalue weighted by Crippen LogP contribution is 2.04. The Kier molecular flexibility index (Phi) is 7.32. The Morgan fingerprint density at radius 2 is 2.00 bits per heavy atom. The molecule has 0 unspecified atom stereocenters. The zero-order chi connectivity index (χ0) is 11.7. The molecule has 0 radical (unpaired) electrons. The number of carboxylic acids is 1. The van der Waals surface area contributed by atoms with Crippen molar-refractivity contribution >= 4 is 11.9 Å². The van der Waals surface area contributed by atoms with Crippen LogP contribution in [0.2, 0.25) is 0 Å². The summed E-state index contributed by atoms with van der Waals surface area (Å²) >= 11 is 0. The Morgan fingerprint density at radius 1 is 1.33 bits per heavy atom. The molecule has 0 atom stereocenters. The second-order valence-electron chi connectivity index (χ2n) is 3.31. The van der Waals surface area contributed by atoms with Gasteiger partial charge >= 0.3 is 11.9 Å². The number of unbranched alkanes of at least 4 members (excludes halogenated alkanes) is 3. The van der Waals surface area contributed by atoms with Crippen LogP contribution in [0.1, 0.15) is 39.5 Å². The average Bonchev–Trinajstić information content (AvgIpc) is 2.15. The summed E-state index contributed by atoms with van der Waals surface area (Å²) in [7, 11) is 0. The molecule has 0 heterocycles. The number of carbonyl (C=O) groups is 2. The van der Waals surface area contributed by atoms with Gasteiger partial charge in [-0.25, -0.2) is 4.79 Å². The van der Waals surface area contributed by atoms with Crippen LogP contribution in [0.15, 0.2) is 11.6 Å².